The zero-order valence-corrected chi connectivity index (χ0v) is 13.5. The summed E-state index contributed by atoms with van der Waals surface area (Å²) in [5, 5.41) is 0. The topological polar surface area (TPSA) is 58.8 Å². The Morgan fingerprint density at radius 1 is 1.27 bits per heavy atom. The van der Waals surface area contributed by atoms with Gasteiger partial charge >= 0.3 is 0 Å². The number of nitrogens with zero attached hydrogens (tertiary/aromatic N) is 2. The number of amides is 1. The molecule has 22 heavy (non-hydrogen) atoms. The average Bonchev–Trinajstić information content (AvgIpc) is 2.46. The number of anilines is 2. The van der Waals surface area contributed by atoms with Crippen molar-refractivity contribution in [3.05, 3.63) is 18.2 Å². The number of hydrogen-bond acceptors (Lipinski definition) is 4. The van der Waals surface area contributed by atoms with Crippen LogP contribution in [-0.2, 0) is 4.79 Å². The maximum Gasteiger partial charge on any atom is 0.242 e. The van der Waals surface area contributed by atoms with Crippen LogP contribution in [0.4, 0.5) is 11.4 Å². The molecular formula is C17H25N3O2. The summed E-state index contributed by atoms with van der Waals surface area (Å²) in [6.07, 6.45) is 3.45. The minimum absolute atomic E-state index is 0.187. The molecule has 1 fully saturated rings. The summed E-state index contributed by atoms with van der Waals surface area (Å²) < 4.78 is 6.01. The predicted molar refractivity (Wildman–Crippen MR) is 88.2 cm³/mol. The van der Waals surface area contributed by atoms with E-state index in [0.717, 1.165) is 37.4 Å². The molecule has 2 aliphatic heterocycles. The number of rotatable bonds is 2. The molecule has 0 atom stereocenters. The summed E-state index contributed by atoms with van der Waals surface area (Å²) in [4.78, 5) is 16.7. The van der Waals surface area contributed by atoms with Gasteiger partial charge in [-0.25, -0.2) is 0 Å². The highest BCUT2D eigenvalue weighted by Crippen LogP contribution is 2.40. The number of ether oxygens (including phenoxy) is 1. The molecule has 0 bridgehead atoms. The van der Waals surface area contributed by atoms with Gasteiger partial charge in [-0.3, -0.25) is 4.79 Å². The highest BCUT2D eigenvalue weighted by Gasteiger charge is 2.34. The third-order valence-electron chi connectivity index (χ3n) is 4.34. The van der Waals surface area contributed by atoms with Gasteiger partial charge in [-0.05, 0) is 45.2 Å². The van der Waals surface area contributed by atoms with Crippen LogP contribution >= 0.6 is 0 Å². The van der Waals surface area contributed by atoms with Crippen LogP contribution in [0.25, 0.3) is 0 Å². The molecule has 0 aromatic heterocycles. The van der Waals surface area contributed by atoms with Crippen LogP contribution in [0.1, 0.15) is 33.1 Å². The SMILES string of the molecule is CC1(C)CN(CC(=O)N2CCCCC2)c2c(N)cccc2O1. The number of nitrogens with two attached hydrogens (primary N) is 1. The molecule has 1 aromatic carbocycles. The van der Waals surface area contributed by atoms with Gasteiger partial charge in [0.1, 0.15) is 17.0 Å². The van der Waals surface area contributed by atoms with E-state index in [1.807, 2.05) is 36.9 Å². The van der Waals surface area contributed by atoms with Crippen LogP contribution in [0.3, 0.4) is 0 Å². The molecule has 1 amide bonds. The van der Waals surface area contributed by atoms with Gasteiger partial charge < -0.3 is 20.3 Å². The van der Waals surface area contributed by atoms with Crippen molar-refractivity contribution in [3.8, 4) is 5.75 Å². The smallest absolute Gasteiger partial charge is 0.242 e. The van der Waals surface area contributed by atoms with Gasteiger partial charge in [0.05, 0.1) is 18.8 Å². The van der Waals surface area contributed by atoms with Crippen molar-refractivity contribution in [3.63, 3.8) is 0 Å². The van der Waals surface area contributed by atoms with Crippen molar-refractivity contribution >= 4 is 17.3 Å². The van der Waals surface area contributed by atoms with E-state index in [1.165, 1.54) is 6.42 Å². The second kappa shape index (κ2) is 5.71. The minimum atomic E-state index is -0.330. The average molecular weight is 303 g/mol. The molecule has 0 unspecified atom stereocenters. The van der Waals surface area contributed by atoms with Crippen molar-refractivity contribution in [2.75, 3.05) is 36.8 Å². The van der Waals surface area contributed by atoms with Crippen LogP contribution in [0.2, 0.25) is 0 Å². The Bertz CT molecular complexity index is 565. The Labute approximate surface area is 132 Å². The first-order chi connectivity index (χ1) is 10.5. The van der Waals surface area contributed by atoms with Crippen molar-refractivity contribution in [2.45, 2.75) is 38.7 Å². The van der Waals surface area contributed by atoms with E-state index in [4.69, 9.17) is 10.5 Å². The highest BCUT2D eigenvalue weighted by molar-refractivity contribution is 5.85. The van der Waals surface area contributed by atoms with Crippen LogP contribution in [0, 0.1) is 0 Å². The van der Waals surface area contributed by atoms with Crippen LogP contribution in [0.5, 0.6) is 5.75 Å². The first-order valence-corrected chi connectivity index (χ1v) is 8.06. The van der Waals surface area contributed by atoms with Crippen molar-refractivity contribution in [2.24, 2.45) is 0 Å². The highest BCUT2D eigenvalue weighted by atomic mass is 16.5. The minimum Gasteiger partial charge on any atom is -0.484 e. The number of carbonyl (C=O) groups is 1. The second-order valence-corrected chi connectivity index (χ2v) is 6.85. The molecular weight excluding hydrogens is 278 g/mol. The largest absolute Gasteiger partial charge is 0.484 e. The Kier molecular flexibility index (Phi) is 3.89. The number of hydrogen-bond donors (Lipinski definition) is 1. The fourth-order valence-electron chi connectivity index (χ4n) is 3.37. The molecule has 5 nitrogen and oxygen atoms in total. The zero-order chi connectivity index (χ0) is 15.7. The van der Waals surface area contributed by atoms with Gasteiger partial charge in [0.2, 0.25) is 5.91 Å². The molecule has 1 aromatic rings. The maximum atomic E-state index is 12.6. The number of para-hydroxylation sites is 1. The summed E-state index contributed by atoms with van der Waals surface area (Å²) in [6, 6.07) is 5.67. The van der Waals surface area contributed by atoms with Crippen molar-refractivity contribution < 1.29 is 9.53 Å². The fraction of sp³-hybridized carbons (Fsp3) is 0.588. The lowest BCUT2D eigenvalue weighted by molar-refractivity contribution is -0.130. The summed E-state index contributed by atoms with van der Waals surface area (Å²) >= 11 is 0. The third kappa shape index (κ3) is 2.98. The summed E-state index contributed by atoms with van der Waals surface area (Å²) in [5.41, 5.74) is 7.32. The van der Waals surface area contributed by atoms with Crippen LogP contribution in [0.15, 0.2) is 18.2 Å². The maximum absolute atomic E-state index is 12.6. The zero-order valence-electron chi connectivity index (χ0n) is 13.5. The molecule has 0 saturated carbocycles. The summed E-state index contributed by atoms with van der Waals surface area (Å²) in [7, 11) is 0. The van der Waals surface area contributed by atoms with E-state index in [1.54, 1.807) is 0 Å². The number of piperidine rings is 1. The van der Waals surface area contributed by atoms with E-state index in [2.05, 4.69) is 4.90 Å². The number of fused-ring (bicyclic) bond motifs is 1. The first-order valence-electron chi connectivity index (χ1n) is 8.06. The molecule has 5 heteroatoms. The van der Waals surface area contributed by atoms with Crippen molar-refractivity contribution in [1.29, 1.82) is 0 Å². The lowest BCUT2D eigenvalue weighted by Crippen LogP contribution is -2.51. The Hall–Kier alpha value is -1.91. The molecule has 2 heterocycles. The Balaban J connectivity index is 1.82. The normalized spacial score (nSPS) is 20.3. The first kappa shape index (κ1) is 15.0. The lowest BCUT2D eigenvalue weighted by Gasteiger charge is -2.42. The number of nitrogen functional groups attached to an aromatic ring is 1. The van der Waals surface area contributed by atoms with Crippen LogP contribution in [-0.4, -0.2) is 42.6 Å². The third-order valence-corrected chi connectivity index (χ3v) is 4.34. The molecule has 2 N–H and O–H groups in total. The Morgan fingerprint density at radius 2 is 2.00 bits per heavy atom. The van der Waals surface area contributed by atoms with Crippen molar-refractivity contribution in [1.82, 2.24) is 4.90 Å². The van der Waals surface area contributed by atoms with Gasteiger partial charge in [0.25, 0.3) is 0 Å². The Morgan fingerprint density at radius 3 is 2.73 bits per heavy atom. The van der Waals surface area contributed by atoms with Gasteiger partial charge in [0.15, 0.2) is 0 Å². The van der Waals surface area contributed by atoms with Gasteiger partial charge in [0, 0.05) is 13.1 Å². The van der Waals surface area contributed by atoms with Crippen LogP contribution < -0.4 is 15.4 Å². The van der Waals surface area contributed by atoms with E-state index in [9.17, 15) is 4.79 Å². The predicted octanol–water partition coefficient (Wildman–Crippen LogP) is 2.26. The summed E-state index contributed by atoms with van der Waals surface area (Å²) in [5.74, 6) is 0.953. The fourth-order valence-corrected chi connectivity index (χ4v) is 3.37. The standard InChI is InChI=1S/C17H25N3O2/c1-17(2)12-20(11-15(21)19-9-4-3-5-10-19)16-13(18)7-6-8-14(16)22-17/h6-8H,3-5,9-12,18H2,1-2H3. The summed E-state index contributed by atoms with van der Waals surface area (Å²) in [6.45, 7) is 6.87. The van der Waals surface area contributed by atoms with Gasteiger partial charge in [-0.15, -0.1) is 0 Å². The number of likely N-dealkylation sites (tertiary alicyclic amines) is 1. The molecule has 0 radical (unpaired) electrons. The molecule has 2 aliphatic rings. The molecule has 120 valence electrons. The molecule has 1 saturated heterocycles. The molecule has 3 rings (SSSR count). The van der Waals surface area contributed by atoms with E-state index in [-0.39, 0.29) is 11.5 Å². The van der Waals surface area contributed by atoms with E-state index >= 15 is 0 Å². The van der Waals surface area contributed by atoms with Gasteiger partial charge in [-0.1, -0.05) is 6.07 Å². The van der Waals surface area contributed by atoms with E-state index in [0.29, 0.717) is 18.8 Å². The quantitative estimate of drug-likeness (QED) is 0.851. The van der Waals surface area contributed by atoms with Gasteiger partial charge in [-0.2, -0.15) is 0 Å². The molecule has 0 aliphatic carbocycles. The lowest BCUT2D eigenvalue weighted by atomic mass is 10.0. The number of benzene rings is 1. The second-order valence-electron chi connectivity index (χ2n) is 6.85. The molecule has 0 spiro atoms. The number of carbonyl (C=O) groups excluding carboxylic acids is 1. The monoisotopic (exact) mass is 303 g/mol. The van der Waals surface area contributed by atoms with E-state index < -0.39 is 0 Å².